The molecule has 200 valence electrons. The fourth-order valence-electron chi connectivity index (χ4n) is 4.25. The van der Waals surface area contributed by atoms with Crippen LogP contribution in [0.2, 0.25) is 0 Å². The molecule has 2 aromatic heterocycles. The molecule has 5 rings (SSSR count). The number of aromatic amines is 1. The molecule has 13 heteroatoms. The van der Waals surface area contributed by atoms with E-state index in [0.29, 0.717) is 11.1 Å². The molecule has 2 heterocycles. The summed E-state index contributed by atoms with van der Waals surface area (Å²) in [7, 11) is -7.35. The van der Waals surface area contributed by atoms with Crippen LogP contribution >= 0.6 is 0 Å². The van der Waals surface area contributed by atoms with E-state index in [1.165, 1.54) is 7.05 Å². The molecule has 10 nitrogen and oxygen atoms in total. The Morgan fingerprint density at radius 3 is 2.03 bits per heavy atom. The Labute approximate surface area is 222 Å². The van der Waals surface area contributed by atoms with E-state index in [0.717, 1.165) is 17.0 Å². The summed E-state index contributed by atoms with van der Waals surface area (Å²) in [6.45, 7) is 0. The van der Waals surface area contributed by atoms with E-state index in [2.05, 4.69) is 15.0 Å². The average Bonchev–Trinajstić information content (AvgIpc) is 3.26. The molecule has 0 unspecified atom stereocenters. The van der Waals surface area contributed by atoms with E-state index >= 15 is 0 Å². The zero-order valence-electron chi connectivity index (χ0n) is 20.4. The van der Waals surface area contributed by atoms with Crippen molar-refractivity contribution in [2.45, 2.75) is 21.7 Å². The number of anilines is 1. The third kappa shape index (κ3) is 5.05. The van der Waals surface area contributed by atoms with Crippen LogP contribution in [0.5, 0.6) is 0 Å². The van der Waals surface area contributed by atoms with Gasteiger partial charge in [0.1, 0.15) is 11.5 Å². The van der Waals surface area contributed by atoms with E-state index in [-0.39, 0.29) is 27.6 Å². The maximum atomic E-state index is 14.7. The lowest BCUT2D eigenvalue weighted by atomic mass is 10.1. The van der Waals surface area contributed by atoms with Crippen molar-refractivity contribution in [3.63, 3.8) is 0 Å². The molecule has 5 aromatic rings. The van der Waals surface area contributed by atoms with E-state index in [4.69, 9.17) is 0 Å². The maximum Gasteiger partial charge on any atom is 0.411 e. The smallest absolute Gasteiger partial charge is 0.411 e. The van der Waals surface area contributed by atoms with Gasteiger partial charge in [-0.15, -0.1) is 0 Å². The summed E-state index contributed by atoms with van der Waals surface area (Å²) < 4.78 is 68.8. The Morgan fingerprint density at radius 1 is 0.897 bits per heavy atom. The highest BCUT2D eigenvalue weighted by atomic mass is 32.2. The van der Waals surface area contributed by atoms with Gasteiger partial charge in [0.2, 0.25) is 19.7 Å². The van der Waals surface area contributed by atoms with E-state index in [9.17, 15) is 31.1 Å². The highest BCUT2D eigenvalue weighted by Crippen LogP contribution is 2.36. The minimum atomic E-state index is -4.31. The van der Waals surface area contributed by atoms with E-state index in [1.54, 1.807) is 60.7 Å². The lowest BCUT2D eigenvalue weighted by Crippen LogP contribution is -2.24. The molecule has 0 radical (unpaired) electrons. The lowest BCUT2D eigenvalue weighted by molar-refractivity contribution is 0.203. The number of benzene rings is 3. The van der Waals surface area contributed by atoms with E-state index in [1.807, 2.05) is 0 Å². The van der Waals surface area contributed by atoms with Gasteiger partial charge in [-0.2, -0.15) is 0 Å². The third-order valence-corrected chi connectivity index (χ3v) is 9.12. The van der Waals surface area contributed by atoms with Gasteiger partial charge in [0.15, 0.2) is 5.03 Å². The van der Waals surface area contributed by atoms with E-state index < -0.39 is 53.3 Å². The minimum absolute atomic E-state index is 0.00764. The van der Waals surface area contributed by atoms with Crippen LogP contribution in [-0.4, -0.2) is 50.0 Å². The topological polar surface area (TPSA) is 150 Å². The molecule has 3 aromatic carbocycles. The highest BCUT2D eigenvalue weighted by molar-refractivity contribution is 7.91. The largest absolute Gasteiger partial charge is 0.465 e. The number of nitrogens with one attached hydrogen (secondary N) is 1. The van der Waals surface area contributed by atoms with Crippen LogP contribution < -0.4 is 4.90 Å². The summed E-state index contributed by atoms with van der Waals surface area (Å²) in [5, 5.41) is 8.00. The molecule has 0 aliphatic rings. The zero-order chi connectivity index (χ0) is 27.9. The van der Waals surface area contributed by atoms with Gasteiger partial charge in [0.05, 0.1) is 28.1 Å². The molecular weight excluding hydrogens is 547 g/mol. The van der Waals surface area contributed by atoms with Gasteiger partial charge in [-0.1, -0.05) is 60.7 Å². The van der Waals surface area contributed by atoms with Crippen LogP contribution in [0.3, 0.4) is 0 Å². The summed E-state index contributed by atoms with van der Waals surface area (Å²) in [6.07, 6.45) is -1.39. The van der Waals surface area contributed by atoms with Crippen molar-refractivity contribution in [3.8, 4) is 0 Å². The van der Waals surface area contributed by atoms with Gasteiger partial charge in [-0.3, -0.25) is 4.90 Å². The standard InChI is InChI=1S/C26H21FN4O6S2/c1-31(26(32)33)20-13-18(27)12-19-21-23(28-22(19)20)29-25(39(36,37)15-17-10-6-3-7-11-17)30-24(21)38(34,35)14-16-8-4-2-5-9-16/h2-13H,14-15H2,1H3,(H,32,33)(H,28,29,30). The first-order valence-electron chi connectivity index (χ1n) is 11.5. The molecule has 39 heavy (non-hydrogen) atoms. The molecule has 1 amide bonds. The number of hydrogen-bond acceptors (Lipinski definition) is 7. The molecule has 0 aliphatic carbocycles. The second-order valence-electron chi connectivity index (χ2n) is 8.84. The number of sulfone groups is 2. The monoisotopic (exact) mass is 568 g/mol. The third-order valence-electron chi connectivity index (χ3n) is 6.07. The summed E-state index contributed by atoms with van der Waals surface area (Å²) in [4.78, 5) is 23.4. The summed E-state index contributed by atoms with van der Waals surface area (Å²) in [5.74, 6) is -1.83. The maximum absolute atomic E-state index is 14.7. The Bertz CT molecular complexity index is 1950. The summed E-state index contributed by atoms with van der Waals surface area (Å²) >= 11 is 0. The quantitative estimate of drug-likeness (QED) is 0.218. The van der Waals surface area contributed by atoms with Crippen LogP contribution in [0.1, 0.15) is 11.1 Å². The Hall–Kier alpha value is -4.36. The molecule has 0 saturated heterocycles. The first-order chi connectivity index (χ1) is 18.5. The van der Waals surface area contributed by atoms with Gasteiger partial charge < -0.3 is 10.1 Å². The van der Waals surface area contributed by atoms with Crippen LogP contribution in [0.4, 0.5) is 14.9 Å². The van der Waals surface area contributed by atoms with Crippen LogP contribution in [0.25, 0.3) is 21.9 Å². The predicted molar refractivity (Wildman–Crippen MR) is 142 cm³/mol. The molecule has 0 aliphatic heterocycles. The summed E-state index contributed by atoms with van der Waals surface area (Å²) in [5.41, 5.74) is 0.619. The summed E-state index contributed by atoms with van der Waals surface area (Å²) in [6, 6.07) is 18.5. The Morgan fingerprint density at radius 2 is 1.46 bits per heavy atom. The van der Waals surface area contributed by atoms with Crippen molar-refractivity contribution in [1.82, 2.24) is 15.0 Å². The first kappa shape index (κ1) is 26.3. The number of fused-ring (bicyclic) bond motifs is 3. The van der Waals surface area contributed by atoms with Crippen molar-refractivity contribution in [3.05, 3.63) is 89.7 Å². The fraction of sp³-hybridized carbons (Fsp3) is 0.115. The first-order valence-corrected chi connectivity index (χ1v) is 14.8. The number of carboxylic acid groups (broad SMARTS) is 1. The van der Waals surface area contributed by atoms with Crippen LogP contribution in [-0.2, 0) is 31.2 Å². The molecule has 0 bridgehead atoms. The SMILES string of the molecule is CN(C(=O)O)c1cc(F)cc2c1[nH]c1nc(S(=O)(=O)Cc3ccccc3)nc(S(=O)(=O)Cc3ccccc3)c12. The average molecular weight is 569 g/mol. The van der Waals surface area contributed by atoms with Crippen LogP contribution in [0.15, 0.2) is 83.0 Å². The van der Waals surface area contributed by atoms with Crippen molar-refractivity contribution < 1.29 is 31.1 Å². The zero-order valence-corrected chi connectivity index (χ0v) is 22.0. The second kappa shape index (κ2) is 9.75. The van der Waals surface area contributed by atoms with Crippen molar-refractivity contribution in [2.75, 3.05) is 11.9 Å². The predicted octanol–water partition coefficient (Wildman–Crippen LogP) is 4.31. The second-order valence-corrected chi connectivity index (χ2v) is 12.6. The normalized spacial score (nSPS) is 12.2. The number of H-pyrrole nitrogens is 1. The number of amides is 1. The lowest BCUT2D eigenvalue weighted by Gasteiger charge is -2.14. The number of carbonyl (C=O) groups is 1. The van der Waals surface area contributed by atoms with Crippen molar-refractivity contribution >= 4 is 53.4 Å². The Kier molecular flexibility index (Phi) is 6.56. The van der Waals surface area contributed by atoms with Crippen molar-refractivity contribution in [1.29, 1.82) is 0 Å². The molecule has 0 atom stereocenters. The van der Waals surface area contributed by atoms with Gasteiger partial charge in [-0.05, 0) is 23.3 Å². The number of halogens is 1. The molecule has 2 N–H and O–H groups in total. The van der Waals surface area contributed by atoms with Crippen LogP contribution in [0, 0.1) is 5.82 Å². The highest BCUT2D eigenvalue weighted by Gasteiger charge is 2.30. The van der Waals surface area contributed by atoms with Gasteiger partial charge in [0.25, 0.3) is 5.16 Å². The molecule has 0 fully saturated rings. The Balaban J connectivity index is 1.81. The number of nitrogens with zero attached hydrogens (tertiary/aromatic N) is 3. The van der Waals surface area contributed by atoms with Gasteiger partial charge >= 0.3 is 6.09 Å². The molecule has 0 spiro atoms. The van der Waals surface area contributed by atoms with Gasteiger partial charge in [-0.25, -0.2) is 36.0 Å². The number of rotatable bonds is 7. The minimum Gasteiger partial charge on any atom is -0.465 e. The van der Waals surface area contributed by atoms with Gasteiger partial charge in [0, 0.05) is 12.4 Å². The molecule has 0 saturated carbocycles. The van der Waals surface area contributed by atoms with Crippen molar-refractivity contribution in [2.24, 2.45) is 0 Å². The fourth-order valence-corrected chi connectivity index (χ4v) is 7.04. The number of hydrogen-bond donors (Lipinski definition) is 2. The number of aromatic nitrogens is 3. The molecular formula is C26H21FN4O6S2.